The van der Waals surface area contributed by atoms with E-state index in [-0.39, 0.29) is 30.8 Å². The standard InChI is InChI=1S/C16H26N2O5/c1-6-16(5,23-18-13(21)7-8-14(18)22)12(20)9-10-17-15(3,4)11(2)19/h17H,6-10H2,1-5H3. The minimum absolute atomic E-state index is 0.0206. The fourth-order valence-electron chi connectivity index (χ4n) is 2.05. The molecule has 0 bridgehead atoms. The van der Waals surface area contributed by atoms with Crippen LogP contribution in [0.5, 0.6) is 0 Å². The molecule has 2 amide bonds. The maximum Gasteiger partial charge on any atom is 0.254 e. The van der Waals surface area contributed by atoms with Gasteiger partial charge in [-0.3, -0.25) is 19.2 Å². The summed E-state index contributed by atoms with van der Waals surface area (Å²) in [5.74, 6) is -1.08. The van der Waals surface area contributed by atoms with Gasteiger partial charge in [-0.15, -0.1) is 0 Å². The van der Waals surface area contributed by atoms with Gasteiger partial charge in [0.15, 0.2) is 11.4 Å². The number of Topliss-reactive ketones (excluding diaryl/α,β-unsaturated/α-hetero) is 2. The number of hydroxylamine groups is 2. The van der Waals surface area contributed by atoms with E-state index < -0.39 is 23.0 Å². The Morgan fingerprint density at radius 2 is 1.70 bits per heavy atom. The lowest BCUT2D eigenvalue weighted by Gasteiger charge is -2.30. The van der Waals surface area contributed by atoms with Crippen molar-refractivity contribution in [3.05, 3.63) is 0 Å². The molecular formula is C16H26N2O5. The van der Waals surface area contributed by atoms with Gasteiger partial charge in [0.05, 0.1) is 5.54 Å². The summed E-state index contributed by atoms with van der Waals surface area (Å²) in [7, 11) is 0. The minimum Gasteiger partial charge on any atom is -0.305 e. The first-order valence-corrected chi connectivity index (χ1v) is 7.88. The van der Waals surface area contributed by atoms with Crippen LogP contribution in [0.15, 0.2) is 0 Å². The van der Waals surface area contributed by atoms with Crippen molar-refractivity contribution >= 4 is 23.4 Å². The fourth-order valence-corrected chi connectivity index (χ4v) is 2.05. The van der Waals surface area contributed by atoms with Crippen LogP contribution >= 0.6 is 0 Å². The van der Waals surface area contributed by atoms with Crippen molar-refractivity contribution in [2.45, 2.75) is 71.4 Å². The minimum atomic E-state index is -1.24. The van der Waals surface area contributed by atoms with E-state index in [0.29, 0.717) is 18.0 Å². The number of ketones is 2. The summed E-state index contributed by atoms with van der Waals surface area (Å²) in [6, 6.07) is 0. The average molecular weight is 326 g/mol. The molecule has 1 fully saturated rings. The lowest BCUT2D eigenvalue weighted by molar-refractivity contribution is -0.224. The highest BCUT2D eigenvalue weighted by Crippen LogP contribution is 2.24. The van der Waals surface area contributed by atoms with Crippen molar-refractivity contribution in [3.63, 3.8) is 0 Å². The number of amides is 2. The zero-order valence-corrected chi connectivity index (χ0v) is 14.5. The van der Waals surface area contributed by atoms with E-state index in [1.54, 1.807) is 27.7 Å². The normalized spacial score (nSPS) is 18.2. The van der Waals surface area contributed by atoms with Crippen LogP contribution in [-0.2, 0) is 24.0 Å². The highest BCUT2D eigenvalue weighted by atomic mass is 16.7. The summed E-state index contributed by atoms with van der Waals surface area (Å²) in [4.78, 5) is 52.6. The number of imide groups is 1. The molecular weight excluding hydrogens is 300 g/mol. The van der Waals surface area contributed by atoms with Crippen molar-refractivity contribution in [1.82, 2.24) is 10.4 Å². The second-order valence-electron chi connectivity index (χ2n) is 6.54. The molecule has 130 valence electrons. The molecule has 0 aromatic carbocycles. The summed E-state index contributed by atoms with van der Waals surface area (Å²) in [5.41, 5.74) is -1.94. The lowest BCUT2D eigenvalue weighted by Crippen LogP contribution is -2.49. The zero-order chi connectivity index (χ0) is 17.8. The molecule has 1 atom stereocenters. The van der Waals surface area contributed by atoms with Crippen molar-refractivity contribution in [3.8, 4) is 0 Å². The van der Waals surface area contributed by atoms with Gasteiger partial charge in [0.1, 0.15) is 5.78 Å². The molecule has 1 N–H and O–H groups in total. The van der Waals surface area contributed by atoms with E-state index in [2.05, 4.69) is 5.32 Å². The summed E-state index contributed by atoms with van der Waals surface area (Å²) < 4.78 is 0. The predicted molar refractivity (Wildman–Crippen MR) is 83.3 cm³/mol. The number of nitrogens with one attached hydrogen (secondary N) is 1. The van der Waals surface area contributed by atoms with E-state index in [4.69, 9.17) is 4.84 Å². The van der Waals surface area contributed by atoms with Gasteiger partial charge in [-0.05, 0) is 34.1 Å². The number of nitrogens with zero attached hydrogens (tertiary/aromatic N) is 1. The molecule has 7 heteroatoms. The zero-order valence-electron chi connectivity index (χ0n) is 14.5. The number of carbonyl (C=O) groups is 4. The van der Waals surface area contributed by atoms with Crippen LogP contribution in [0, 0.1) is 0 Å². The summed E-state index contributed by atoms with van der Waals surface area (Å²) >= 11 is 0. The Balaban J connectivity index is 2.65. The molecule has 23 heavy (non-hydrogen) atoms. The number of hydrogen-bond donors (Lipinski definition) is 1. The van der Waals surface area contributed by atoms with Gasteiger partial charge < -0.3 is 5.32 Å². The molecule has 7 nitrogen and oxygen atoms in total. The summed E-state index contributed by atoms with van der Waals surface area (Å²) in [6.07, 6.45) is 0.693. The Morgan fingerprint density at radius 3 is 2.13 bits per heavy atom. The SMILES string of the molecule is CCC(C)(ON1C(=O)CCC1=O)C(=O)CCNC(C)(C)C(C)=O. The topological polar surface area (TPSA) is 92.8 Å². The van der Waals surface area contributed by atoms with Crippen LogP contribution in [0.25, 0.3) is 0 Å². The van der Waals surface area contributed by atoms with E-state index >= 15 is 0 Å². The lowest BCUT2D eigenvalue weighted by atomic mass is 9.94. The van der Waals surface area contributed by atoms with Crippen LogP contribution < -0.4 is 5.32 Å². The van der Waals surface area contributed by atoms with Crippen LogP contribution in [0.2, 0.25) is 0 Å². The van der Waals surface area contributed by atoms with Gasteiger partial charge >= 0.3 is 0 Å². The fraction of sp³-hybridized carbons (Fsp3) is 0.750. The first-order chi connectivity index (χ1) is 10.5. The summed E-state index contributed by atoms with van der Waals surface area (Å²) in [6.45, 7) is 8.62. The van der Waals surface area contributed by atoms with Gasteiger partial charge in [-0.25, -0.2) is 4.84 Å². The molecule has 1 saturated heterocycles. The first-order valence-electron chi connectivity index (χ1n) is 7.88. The molecule has 0 aromatic heterocycles. The van der Waals surface area contributed by atoms with Crippen molar-refractivity contribution < 1.29 is 24.0 Å². The third-order valence-corrected chi connectivity index (χ3v) is 4.36. The smallest absolute Gasteiger partial charge is 0.254 e. The van der Waals surface area contributed by atoms with Gasteiger partial charge in [0.2, 0.25) is 0 Å². The van der Waals surface area contributed by atoms with Crippen molar-refractivity contribution in [1.29, 1.82) is 0 Å². The molecule has 1 aliphatic rings. The Labute approximate surface area is 136 Å². The quantitative estimate of drug-likeness (QED) is 0.639. The predicted octanol–water partition coefficient (Wildman–Crippen LogP) is 1.15. The van der Waals surface area contributed by atoms with Gasteiger partial charge in [-0.2, -0.15) is 5.06 Å². The molecule has 0 saturated carbocycles. The molecule has 0 spiro atoms. The highest BCUT2D eigenvalue weighted by Gasteiger charge is 2.40. The Kier molecular flexibility index (Phi) is 6.18. The monoisotopic (exact) mass is 326 g/mol. The van der Waals surface area contributed by atoms with Crippen molar-refractivity contribution in [2.75, 3.05) is 6.54 Å². The Morgan fingerprint density at radius 1 is 1.17 bits per heavy atom. The third kappa shape index (κ3) is 4.68. The maximum absolute atomic E-state index is 12.5. The van der Waals surface area contributed by atoms with E-state index in [1.165, 1.54) is 6.92 Å². The molecule has 1 heterocycles. The molecule has 1 rings (SSSR count). The van der Waals surface area contributed by atoms with Gasteiger partial charge in [-0.1, -0.05) is 6.92 Å². The van der Waals surface area contributed by atoms with E-state index in [0.717, 1.165) is 0 Å². The molecule has 0 aliphatic carbocycles. The Bertz CT molecular complexity index is 499. The van der Waals surface area contributed by atoms with Crippen LogP contribution in [0.1, 0.15) is 60.3 Å². The summed E-state index contributed by atoms with van der Waals surface area (Å²) in [5, 5.41) is 3.74. The van der Waals surface area contributed by atoms with Crippen molar-refractivity contribution in [2.24, 2.45) is 0 Å². The second-order valence-corrected chi connectivity index (χ2v) is 6.54. The van der Waals surface area contributed by atoms with E-state index in [1.807, 2.05) is 0 Å². The second kappa shape index (κ2) is 7.31. The number of carbonyl (C=O) groups excluding carboxylic acids is 4. The van der Waals surface area contributed by atoms with Crippen LogP contribution in [0.3, 0.4) is 0 Å². The third-order valence-electron chi connectivity index (χ3n) is 4.36. The first kappa shape index (κ1) is 19.4. The molecule has 1 unspecified atom stereocenters. The largest absolute Gasteiger partial charge is 0.305 e. The van der Waals surface area contributed by atoms with E-state index in [9.17, 15) is 19.2 Å². The maximum atomic E-state index is 12.5. The molecule has 0 aromatic rings. The number of hydrogen-bond acceptors (Lipinski definition) is 6. The number of rotatable bonds is 9. The average Bonchev–Trinajstić information content (AvgIpc) is 2.78. The Hall–Kier alpha value is -1.60. The molecule has 1 aliphatic heterocycles. The molecule has 0 radical (unpaired) electrons. The van der Waals surface area contributed by atoms with Crippen LogP contribution in [-0.4, -0.2) is 46.1 Å². The highest BCUT2D eigenvalue weighted by molar-refractivity contribution is 6.01. The van der Waals surface area contributed by atoms with Crippen LogP contribution in [0.4, 0.5) is 0 Å². The van der Waals surface area contributed by atoms with Gasteiger partial charge in [0, 0.05) is 25.8 Å². The van der Waals surface area contributed by atoms with Gasteiger partial charge in [0.25, 0.3) is 11.8 Å².